The van der Waals surface area contributed by atoms with E-state index in [1.54, 1.807) is 21.6 Å². The Kier molecular flexibility index (Phi) is 3.79. The first-order valence-electron chi connectivity index (χ1n) is 6.29. The van der Waals surface area contributed by atoms with E-state index in [1.807, 2.05) is 17.5 Å². The van der Waals surface area contributed by atoms with Crippen molar-refractivity contribution >= 4 is 34.5 Å². The molecule has 3 rings (SSSR count). The average Bonchev–Trinajstić information content (AvgIpc) is 3.08. The molecule has 2 amide bonds. The molecule has 1 saturated heterocycles. The summed E-state index contributed by atoms with van der Waals surface area (Å²) < 4.78 is 0. The van der Waals surface area contributed by atoms with Gasteiger partial charge in [0, 0.05) is 31.4 Å². The first kappa shape index (κ1) is 13.3. The summed E-state index contributed by atoms with van der Waals surface area (Å²) in [4.78, 5) is 30.8. The fraction of sp³-hybridized carbons (Fsp3) is 0.308. The van der Waals surface area contributed by atoms with E-state index in [0.717, 1.165) is 9.88 Å². The summed E-state index contributed by atoms with van der Waals surface area (Å²) in [5.41, 5.74) is 0.466. The molecule has 2 aromatic heterocycles. The molecule has 0 aromatic carbocycles. The average molecular weight is 307 g/mol. The second-order valence-electron chi connectivity index (χ2n) is 4.41. The fourth-order valence-corrected chi connectivity index (χ4v) is 3.63. The number of hydrogen-bond donors (Lipinski definition) is 1. The Morgan fingerprint density at radius 2 is 2.25 bits per heavy atom. The first-order valence-corrected chi connectivity index (χ1v) is 8.05. The summed E-state index contributed by atoms with van der Waals surface area (Å²) in [5, 5.41) is 7.41. The van der Waals surface area contributed by atoms with Gasteiger partial charge in [0.2, 0.25) is 5.91 Å². The minimum absolute atomic E-state index is 0.00199. The van der Waals surface area contributed by atoms with E-state index < -0.39 is 0 Å². The van der Waals surface area contributed by atoms with Crippen molar-refractivity contribution in [3.05, 3.63) is 28.6 Å². The molecule has 1 fully saturated rings. The molecule has 0 aliphatic carbocycles. The van der Waals surface area contributed by atoms with Gasteiger partial charge < -0.3 is 10.2 Å². The van der Waals surface area contributed by atoms with E-state index >= 15 is 0 Å². The minimum atomic E-state index is -0.0967. The van der Waals surface area contributed by atoms with Crippen molar-refractivity contribution in [2.24, 2.45) is 0 Å². The molecule has 7 heteroatoms. The summed E-state index contributed by atoms with van der Waals surface area (Å²) >= 11 is 3.08. The number of nitrogens with zero attached hydrogens (tertiary/aromatic N) is 2. The predicted molar refractivity (Wildman–Crippen MR) is 79.0 cm³/mol. The molecular formula is C13H13N3O2S2. The molecule has 104 valence electrons. The number of amides is 2. The molecule has 2 aromatic rings. The van der Waals surface area contributed by atoms with E-state index in [2.05, 4.69) is 10.3 Å². The molecule has 0 atom stereocenters. The molecule has 0 unspecified atom stereocenters. The summed E-state index contributed by atoms with van der Waals surface area (Å²) in [5.74, 6) is -0.0987. The Bertz CT molecular complexity index is 621. The monoisotopic (exact) mass is 307 g/mol. The lowest BCUT2D eigenvalue weighted by molar-refractivity contribution is -0.120. The molecule has 1 N–H and O–H groups in total. The van der Waals surface area contributed by atoms with Crippen molar-refractivity contribution < 1.29 is 9.59 Å². The quantitative estimate of drug-likeness (QED) is 0.921. The van der Waals surface area contributed by atoms with Crippen LogP contribution in [0.4, 0.5) is 0 Å². The summed E-state index contributed by atoms with van der Waals surface area (Å²) in [6.07, 6.45) is 0.355. The number of rotatable bonds is 2. The summed E-state index contributed by atoms with van der Waals surface area (Å²) in [6, 6.07) is 3.96. The molecule has 3 heterocycles. The normalized spacial score (nSPS) is 15.8. The third-order valence-electron chi connectivity index (χ3n) is 3.06. The molecule has 1 aliphatic rings. The Labute approximate surface area is 124 Å². The highest BCUT2D eigenvalue weighted by Gasteiger charge is 2.22. The Morgan fingerprint density at radius 1 is 1.35 bits per heavy atom. The van der Waals surface area contributed by atoms with E-state index in [4.69, 9.17) is 0 Å². The lowest BCUT2D eigenvalue weighted by atomic mass is 10.3. The van der Waals surface area contributed by atoms with Crippen LogP contribution in [-0.2, 0) is 4.79 Å². The molecular weight excluding hydrogens is 294 g/mol. The van der Waals surface area contributed by atoms with Crippen LogP contribution in [0.3, 0.4) is 0 Å². The number of carbonyl (C=O) groups is 2. The van der Waals surface area contributed by atoms with Gasteiger partial charge in [-0.3, -0.25) is 9.59 Å². The second kappa shape index (κ2) is 5.72. The Morgan fingerprint density at radius 3 is 3.05 bits per heavy atom. The van der Waals surface area contributed by atoms with Crippen LogP contribution in [0, 0.1) is 0 Å². The van der Waals surface area contributed by atoms with Crippen LogP contribution in [-0.4, -0.2) is 41.3 Å². The number of nitrogens with one attached hydrogen (secondary N) is 1. The maximum Gasteiger partial charge on any atom is 0.273 e. The Hall–Kier alpha value is -1.73. The van der Waals surface area contributed by atoms with Gasteiger partial charge in [0.25, 0.3) is 5.91 Å². The maximum absolute atomic E-state index is 12.4. The highest BCUT2D eigenvalue weighted by atomic mass is 32.1. The van der Waals surface area contributed by atoms with Crippen molar-refractivity contribution in [3.63, 3.8) is 0 Å². The molecule has 0 spiro atoms. The molecule has 20 heavy (non-hydrogen) atoms. The van der Waals surface area contributed by atoms with Gasteiger partial charge in [-0.15, -0.1) is 22.7 Å². The third-order valence-corrected chi connectivity index (χ3v) is 4.94. The minimum Gasteiger partial charge on any atom is -0.354 e. The van der Waals surface area contributed by atoms with Gasteiger partial charge in [-0.05, 0) is 11.4 Å². The van der Waals surface area contributed by atoms with Crippen molar-refractivity contribution in [2.45, 2.75) is 6.42 Å². The number of aromatic nitrogens is 1. The van der Waals surface area contributed by atoms with Gasteiger partial charge in [0.1, 0.15) is 10.7 Å². The molecule has 0 bridgehead atoms. The zero-order valence-electron chi connectivity index (χ0n) is 10.7. The van der Waals surface area contributed by atoms with Crippen LogP contribution >= 0.6 is 22.7 Å². The lowest BCUT2D eigenvalue weighted by Crippen LogP contribution is -2.34. The SMILES string of the molecule is O=C1CCN(C(=O)c2csc(-c3cccs3)n2)CCN1. The maximum atomic E-state index is 12.4. The van der Waals surface area contributed by atoms with E-state index in [1.165, 1.54) is 11.3 Å². The van der Waals surface area contributed by atoms with Gasteiger partial charge in [-0.25, -0.2) is 4.98 Å². The zero-order valence-corrected chi connectivity index (χ0v) is 12.3. The largest absolute Gasteiger partial charge is 0.354 e. The number of hydrogen-bond acceptors (Lipinski definition) is 5. The van der Waals surface area contributed by atoms with Crippen LogP contribution in [0.2, 0.25) is 0 Å². The Balaban J connectivity index is 1.75. The van der Waals surface area contributed by atoms with Crippen molar-refractivity contribution in [1.29, 1.82) is 0 Å². The molecule has 1 aliphatic heterocycles. The highest BCUT2D eigenvalue weighted by molar-refractivity contribution is 7.20. The van der Waals surface area contributed by atoms with Gasteiger partial charge in [0.15, 0.2) is 0 Å². The van der Waals surface area contributed by atoms with Crippen LogP contribution < -0.4 is 5.32 Å². The van der Waals surface area contributed by atoms with Gasteiger partial charge in [-0.1, -0.05) is 6.07 Å². The number of thiazole rings is 1. The predicted octanol–water partition coefficient (Wildman–Crippen LogP) is 1.83. The first-order chi connectivity index (χ1) is 9.74. The summed E-state index contributed by atoms with van der Waals surface area (Å²) in [7, 11) is 0. The van der Waals surface area contributed by atoms with E-state index in [9.17, 15) is 9.59 Å². The zero-order chi connectivity index (χ0) is 13.9. The smallest absolute Gasteiger partial charge is 0.273 e. The number of carbonyl (C=O) groups excluding carboxylic acids is 2. The third kappa shape index (κ3) is 2.73. The van der Waals surface area contributed by atoms with Crippen LogP contribution in [0.5, 0.6) is 0 Å². The highest BCUT2D eigenvalue weighted by Crippen LogP contribution is 2.28. The van der Waals surface area contributed by atoms with E-state index in [0.29, 0.717) is 31.7 Å². The molecule has 0 radical (unpaired) electrons. The van der Waals surface area contributed by atoms with Gasteiger partial charge >= 0.3 is 0 Å². The topological polar surface area (TPSA) is 62.3 Å². The van der Waals surface area contributed by atoms with Crippen LogP contribution in [0.1, 0.15) is 16.9 Å². The van der Waals surface area contributed by atoms with Crippen LogP contribution in [0.15, 0.2) is 22.9 Å². The van der Waals surface area contributed by atoms with E-state index in [-0.39, 0.29) is 11.8 Å². The second-order valence-corrected chi connectivity index (χ2v) is 6.21. The van der Waals surface area contributed by atoms with Crippen molar-refractivity contribution in [2.75, 3.05) is 19.6 Å². The van der Waals surface area contributed by atoms with Gasteiger partial charge in [0.05, 0.1) is 4.88 Å². The number of thiophene rings is 1. The molecule has 5 nitrogen and oxygen atoms in total. The summed E-state index contributed by atoms with van der Waals surface area (Å²) in [6.45, 7) is 1.50. The molecule has 0 saturated carbocycles. The lowest BCUT2D eigenvalue weighted by Gasteiger charge is -2.17. The fourth-order valence-electron chi connectivity index (χ4n) is 2.02. The van der Waals surface area contributed by atoms with Crippen molar-refractivity contribution in [1.82, 2.24) is 15.2 Å². The van der Waals surface area contributed by atoms with Crippen molar-refractivity contribution in [3.8, 4) is 9.88 Å². The van der Waals surface area contributed by atoms with Crippen LogP contribution in [0.25, 0.3) is 9.88 Å². The van der Waals surface area contributed by atoms with Gasteiger partial charge in [-0.2, -0.15) is 0 Å². The standard InChI is InChI=1S/C13H13N3O2S2/c17-11-3-5-16(6-4-14-11)13(18)9-8-20-12(15-9)10-2-1-7-19-10/h1-2,7-8H,3-6H2,(H,14,17).